The van der Waals surface area contributed by atoms with Crippen molar-refractivity contribution in [3.8, 4) is 11.5 Å². The van der Waals surface area contributed by atoms with Crippen LogP contribution in [0.25, 0.3) is 0 Å². The van der Waals surface area contributed by atoms with Crippen LogP contribution in [0.15, 0.2) is 12.1 Å². The van der Waals surface area contributed by atoms with Crippen molar-refractivity contribution in [3.05, 3.63) is 23.3 Å². The Hall–Kier alpha value is -1.26. The molecular weight excluding hydrogens is 314 g/mol. The molecular formula is C21H35NO3. The van der Waals surface area contributed by atoms with Crippen LogP contribution < -0.4 is 9.47 Å². The zero-order valence-corrected chi connectivity index (χ0v) is 16.5. The van der Waals surface area contributed by atoms with Gasteiger partial charge in [-0.1, -0.05) is 26.7 Å². The highest BCUT2D eigenvalue weighted by Gasteiger charge is 2.24. The summed E-state index contributed by atoms with van der Waals surface area (Å²) in [4.78, 5) is 2.57. The van der Waals surface area contributed by atoms with Crippen molar-refractivity contribution in [3.63, 3.8) is 0 Å². The van der Waals surface area contributed by atoms with E-state index < -0.39 is 0 Å². The van der Waals surface area contributed by atoms with Gasteiger partial charge in [0, 0.05) is 13.2 Å². The minimum absolute atomic E-state index is 0.117. The Morgan fingerprint density at radius 3 is 2.28 bits per heavy atom. The highest BCUT2D eigenvalue weighted by molar-refractivity contribution is 5.48. The van der Waals surface area contributed by atoms with Crippen LogP contribution in [-0.2, 0) is 11.2 Å². The maximum atomic E-state index is 6.25. The van der Waals surface area contributed by atoms with Crippen molar-refractivity contribution in [1.82, 2.24) is 4.90 Å². The molecule has 0 saturated heterocycles. The number of methoxy groups -OCH3 is 2. The molecule has 0 radical (unpaired) electrons. The average molecular weight is 350 g/mol. The Bertz CT molecular complexity index is 510. The van der Waals surface area contributed by atoms with E-state index >= 15 is 0 Å². The van der Waals surface area contributed by atoms with Gasteiger partial charge in [-0.25, -0.2) is 0 Å². The van der Waals surface area contributed by atoms with Crippen LogP contribution in [0.2, 0.25) is 0 Å². The largest absolute Gasteiger partial charge is 0.493 e. The van der Waals surface area contributed by atoms with Gasteiger partial charge in [0.25, 0.3) is 0 Å². The Labute approximate surface area is 153 Å². The lowest BCUT2D eigenvalue weighted by Crippen LogP contribution is -2.32. The topological polar surface area (TPSA) is 30.9 Å². The molecule has 4 nitrogen and oxygen atoms in total. The third kappa shape index (κ3) is 5.61. The summed E-state index contributed by atoms with van der Waals surface area (Å²) >= 11 is 0. The van der Waals surface area contributed by atoms with Crippen molar-refractivity contribution >= 4 is 0 Å². The lowest BCUT2D eigenvalue weighted by Gasteiger charge is -2.28. The molecule has 1 aliphatic rings. The number of hydrogen-bond donors (Lipinski definition) is 0. The van der Waals surface area contributed by atoms with Crippen molar-refractivity contribution in [2.75, 3.05) is 40.5 Å². The first kappa shape index (κ1) is 20.1. The predicted molar refractivity (Wildman–Crippen MR) is 103 cm³/mol. The number of benzene rings is 1. The van der Waals surface area contributed by atoms with E-state index in [1.54, 1.807) is 14.2 Å². The SMILES string of the molecule is CCCCN(CCCC)CC1OCCCc2cc(OC)c(OC)cc21. The van der Waals surface area contributed by atoms with Crippen molar-refractivity contribution in [2.45, 2.75) is 58.5 Å². The maximum absolute atomic E-state index is 6.25. The first-order valence-corrected chi connectivity index (χ1v) is 9.82. The molecule has 0 N–H and O–H groups in total. The summed E-state index contributed by atoms with van der Waals surface area (Å²) in [5, 5.41) is 0. The van der Waals surface area contributed by atoms with Gasteiger partial charge >= 0.3 is 0 Å². The number of hydrogen-bond acceptors (Lipinski definition) is 4. The number of ether oxygens (including phenoxy) is 3. The fourth-order valence-corrected chi connectivity index (χ4v) is 3.47. The standard InChI is InChI=1S/C21H35NO3/c1-5-7-11-22(12-8-6-2)16-21-18-15-20(24-4)19(23-3)14-17(18)10-9-13-25-21/h14-15,21H,5-13,16H2,1-4H3. The molecule has 0 bridgehead atoms. The monoisotopic (exact) mass is 349 g/mol. The quantitative estimate of drug-likeness (QED) is 0.617. The summed E-state index contributed by atoms with van der Waals surface area (Å²) in [6.07, 6.45) is 7.17. The molecule has 0 amide bonds. The molecule has 1 aromatic carbocycles. The number of aryl methyl sites for hydroxylation is 1. The molecule has 1 unspecified atom stereocenters. The van der Waals surface area contributed by atoms with Crippen molar-refractivity contribution in [2.24, 2.45) is 0 Å². The molecule has 1 aliphatic heterocycles. The van der Waals surface area contributed by atoms with Gasteiger partial charge < -0.3 is 19.1 Å². The number of nitrogens with zero attached hydrogens (tertiary/aromatic N) is 1. The van der Waals surface area contributed by atoms with Crippen LogP contribution in [0, 0.1) is 0 Å². The fraction of sp³-hybridized carbons (Fsp3) is 0.714. The van der Waals surface area contributed by atoms with Crippen LogP contribution >= 0.6 is 0 Å². The van der Waals surface area contributed by atoms with Gasteiger partial charge in [0.1, 0.15) is 0 Å². The summed E-state index contributed by atoms with van der Waals surface area (Å²) in [5.41, 5.74) is 2.61. The molecule has 0 aromatic heterocycles. The van der Waals surface area contributed by atoms with E-state index in [-0.39, 0.29) is 6.10 Å². The maximum Gasteiger partial charge on any atom is 0.161 e. The highest BCUT2D eigenvalue weighted by Crippen LogP contribution is 2.36. The van der Waals surface area contributed by atoms with Crippen molar-refractivity contribution in [1.29, 1.82) is 0 Å². The minimum Gasteiger partial charge on any atom is -0.493 e. The second-order valence-electron chi connectivity index (χ2n) is 6.88. The molecule has 25 heavy (non-hydrogen) atoms. The van der Waals surface area contributed by atoms with Crippen LogP contribution in [0.3, 0.4) is 0 Å². The van der Waals surface area contributed by atoms with Crippen LogP contribution in [0.5, 0.6) is 11.5 Å². The fourth-order valence-electron chi connectivity index (χ4n) is 3.47. The second-order valence-corrected chi connectivity index (χ2v) is 6.88. The van der Waals surface area contributed by atoms with Gasteiger partial charge in [0.05, 0.1) is 20.3 Å². The van der Waals surface area contributed by atoms with E-state index in [2.05, 4.69) is 30.9 Å². The normalized spacial score (nSPS) is 17.2. The summed E-state index contributed by atoms with van der Waals surface area (Å²) in [5.74, 6) is 1.61. The number of fused-ring (bicyclic) bond motifs is 1. The Morgan fingerprint density at radius 1 is 1.04 bits per heavy atom. The Kier molecular flexibility index (Phi) is 8.56. The molecule has 0 fully saturated rings. The molecule has 1 atom stereocenters. The third-order valence-corrected chi connectivity index (χ3v) is 4.98. The van der Waals surface area contributed by atoms with Gasteiger partial charge in [0.15, 0.2) is 11.5 Å². The van der Waals surface area contributed by atoms with E-state index in [1.165, 1.54) is 36.8 Å². The van der Waals surface area contributed by atoms with Gasteiger partial charge in [-0.3, -0.25) is 0 Å². The second kappa shape index (κ2) is 10.7. The minimum atomic E-state index is 0.117. The molecule has 142 valence electrons. The average Bonchev–Trinajstić information content (AvgIpc) is 2.84. The number of unbranched alkanes of at least 4 members (excludes halogenated alkanes) is 2. The molecule has 4 heteroatoms. The lowest BCUT2D eigenvalue weighted by atomic mass is 9.98. The first-order chi connectivity index (χ1) is 12.2. The summed E-state index contributed by atoms with van der Waals surface area (Å²) in [6, 6.07) is 4.26. The van der Waals surface area contributed by atoms with E-state index in [4.69, 9.17) is 14.2 Å². The first-order valence-electron chi connectivity index (χ1n) is 9.82. The zero-order chi connectivity index (χ0) is 18.1. The van der Waals surface area contributed by atoms with E-state index in [0.717, 1.165) is 50.6 Å². The summed E-state index contributed by atoms with van der Waals surface area (Å²) in [6.45, 7) is 8.60. The highest BCUT2D eigenvalue weighted by atomic mass is 16.5. The molecule has 1 heterocycles. The molecule has 2 rings (SSSR count). The van der Waals surface area contributed by atoms with Gasteiger partial charge in [0.2, 0.25) is 0 Å². The van der Waals surface area contributed by atoms with Gasteiger partial charge in [-0.05, 0) is 62.0 Å². The predicted octanol–water partition coefficient (Wildman–Crippen LogP) is 4.61. The van der Waals surface area contributed by atoms with Crippen LogP contribution in [-0.4, -0.2) is 45.4 Å². The summed E-state index contributed by atoms with van der Waals surface area (Å²) < 4.78 is 17.3. The van der Waals surface area contributed by atoms with Crippen molar-refractivity contribution < 1.29 is 14.2 Å². The van der Waals surface area contributed by atoms with Gasteiger partial charge in [-0.15, -0.1) is 0 Å². The van der Waals surface area contributed by atoms with Gasteiger partial charge in [-0.2, -0.15) is 0 Å². The van der Waals surface area contributed by atoms with Crippen LogP contribution in [0.4, 0.5) is 0 Å². The Morgan fingerprint density at radius 2 is 1.68 bits per heavy atom. The van der Waals surface area contributed by atoms with E-state index in [0.29, 0.717) is 0 Å². The van der Waals surface area contributed by atoms with Crippen LogP contribution in [0.1, 0.15) is 63.2 Å². The molecule has 1 aromatic rings. The third-order valence-electron chi connectivity index (χ3n) is 4.98. The van der Waals surface area contributed by atoms with E-state index in [1.807, 2.05) is 0 Å². The zero-order valence-electron chi connectivity index (χ0n) is 16.5. The summed E-state index contributed by atoms with van der Waals surface area (Å²) in [7, 11) is 3.40. The molecule has 0 saturated carbocycles. The molecule has 0 aliphatic carbocycles. The Balaban J connectivity index is 2.22. The smallest absolute Gasteiger partial charge is 0.161 e. The van der Waals surface area contributed by atoms with E-state index in [9.17, 15) is 0 Å². The molecule has 0 spiro atoms. The number of rotatable bonds is 10. The lowest BCUT2D eigenvalue weighted by molar-refractivity contribution is 0.0273.